The predicted molar refractivity (Wildman–Crippen MR) is 64.2 cm³/mol. The molecule has 0 aromatic heterocycles. The summed E-state index contributed by atoms with van der Waals surface area (Å²) in [6.45, 7) is 5.63. The molecule has 0 radical (unpaired) electrons. The highest BCUT2D eigenvalue weighted by Crippen LogP contribution is 2.26. The fourth-order valence-corrected chi connectivity index (χ4v) is 1.78. The van der Waals surface area contributed by atoms with Crippen molar-refractivity contribution in [2.45, 2.75) is 18.9 Å². The lowest BCUT2D eigenvalue weighted by Gasteiger charge is -2.29. The molecule has 1 aromatic carbocycles. The molecule has 0 amide bonds. The van der Waals surface area contributed by atoms with Crippen LogP contribution in [0.2, 0.25) is 0 Å². The molecule has 1 aromatic rings. The quantitative estimate of drug-likeness (QED) is 0.746. The van der Waals surface area contributed by atoms with Gasteiger partial charge >= 0.3 is 5.97 Å². The molecule has 0 saturated heterocycles. The minimum absolute atomic E-state index is 0.319. The highest BCUT2D eigenvalue weighted by atomic mass is 19.1. The number of hydrogen-bond acceptors (Lipinski definition) is 2. The van der Waals surface area contributed by atoms with Gasteiger partial charge in [-0.3, -0.25) is 5.32 Å². The van der Waals surface area contributed by atoms with E-state index >= 15 is 0 Å². The Kier molecular flexibility index (Phi) is 4.40. The SMILES string of the molecule is C=CCNC(CC)(C(=O)O)c1cccc(F)c1. The van der Waals surface area contributed by atoms with Crippen molar-refractivity contribution in [3.05, 3.63) is 48.3 Å². The van der Waals surface area contributed by atoms with Gasteiger partial charge in [0, 0.05) is 6.54 Å². The minimum atomic E-state index is -1.27. The number of carbonyl (C=O) groups is 1. The summed E-state index contributed by atoms with van der Waals surface area (Å²) in [5.41, 5.74) is -0.856. The van der Waals surface area contributed by atoms with Crippen LogP contribution in [0.15, 0.2) is 36.9 Å². The van der Waals surface area contributed by atoms with Crippen molar-refractivity contribution >= 4 is 5.97 Å². The van der Waals surface area contributed by atoms with Gasteiger partial charge in [-0.2, -0.15) is 0 Å². The van der Waals surface area contributed by atoms with Gasteiger partial charge in [0.2, 0.25) is 0 Å². The summed E-state index contributed by atoms with van der Waals surface area (Å²) in [6, 6.07) is 5.65. The monoisotopic (exact) mass is 237 g/mol. The molecule has 17 heavy (non-hydrogen) atoms. The third-order valence-electron chi connectivity index (χ3n) is 2.76. The molecule has 0 saturated carbocycles. The third kappa shape index (κ3) is 2.71. The van der Waals surface area contributed by atoms with Crippen LogP contribution in [-0.2, 0) is 10.3 Å². The fourth-order valence-electron chi connectivity index (χ4n) is 1.78. The van der Waals surface area contributed by atoms with Crippen LogP contribution in [-0.4, -0.2) is 17.6 Å². The van der Waals surface area contributed by atoms with Gasteiger partial charge in [0.1, 0.15) is 11.4 Å². The molecule has 0 bridgehead atoms. The summed E-state index contributed by atoms with van der Waals surface area (Å²) < 4.78 is 13.2. The van der Waals surface area contributed by atoms with Crippen LogP contribution < -0.4 is 5.32 Å². The van der Waals surface area contributed by atoms with Crippen LogP contribution >= 0.6 is 0 Å². The molecule has 2 N–H and O–H groups in total. The van der Waals surface area contributed by atoms with E-state index in [-0.39, 0.29) is 0 Å². The number of rotatable bonds is 6. The summed E-state index contributed by atoms with van der Waals surface area (Å²) in [4.78, 5) is 11.5. The molecule has 0 spiro atoms. The Balaban J connectivity index is 3.21. The number of carboxylic acids is 1. The maximum Gasteiger partial charge on any atom is 0.328 e. The first-order valence-electron chi connectivity index (χ1n) is 5.42. The first kappa shape index (κ1) is 13.4. The molecule has 0 aliphatic carbocycles. The van der Waals surface area contributed by atoms with E-state index in [2.05, 4.69) is 11.9 Å². The van der Waals surface area contributed by atoms with Crippen molar-refractivity contribution in [2.75, 3.05) is 6.54 Å². The van der Waals surface area contributed by atoms with Gasteiger partial charge in [-0.1, -0.05) is 25.1 Å². The van der Waals surface area contributed by atoms with Crippen LogP contribution in [0.1, 0.15) is 18.9 Å². The first-order valence-corrected chi connectivity index (χ1v) is 5.42. The fraction of sp³-hybridized carbons (Fsp3) is 0.308. The molecule has 1 rings (SSSR count). The lowest BCUT2D eigenvalue weighted by atomic mass is 9.87. The summed E-state index contributed by atoms with van der Waals surface area (Å²) in [6.07, 6.45) is 1.90. The highest BCUT2D eigenvalue weighted by molar-refractivity contribution is 5.80. The van der Waals surface area contributed by atoms with Gasteiger partial charge in [0.15, 0.2) is 0 Å². The number of hydrogen-bond donors (Lipinski definition) is 2. The van der Waals surface area contributed by atoms with E-state index in [1.807, 2.05) is 0 Å². The van der Waals surface area contributed by atoms with Gasteiger partial charge in [0.05, 0.1) is 0 Å². The van der Waals surface area contributed by atoms with E-state index in [0.717, 1.165) is 0 Å². The van der Waals surface area contributed by atoms with Crippen LogP contribution in [0.5, 0.6) is 0 Å². The molecule has 3 nitrogen and oxygen atoms in total. The molecule has 0 aliphatic heterocycles. The van der Waals surface area contributed by atoms with Crippen molar-refractivity contribution < 1.29 is 14.3 Å². The summed E-state index contributed by atoms with van der Waals surface area (Å²) in [5, 5.41) is 12.3. The van der Waals surface area contributed by atoms with Crippen molar-refractivity contribution in [1.82, 2.24) is 5.32 Å². The zero-order chi connectivity index (χ0) is 12.9. The van der Waals surface area contributed by atoms with E-state index in [0.29, 0.717) is 18.5 Å². The van der Waals surface area contributed by atoms with Gasteiger partial charge < -0.3 is 5.11 Å². The molecule has 0 aliphatic rings. The number of aliphatic carboxylic acids is 1. The average molecular weight is 237 g/mol. The van der Waals surface area contributed by atoms with Crippen LogP contribution in [0, 0.1) is 5.82 Å². The zero-order valence-corrected chi connectivity index (χ0v) is 9.74. The second-order valence-corrected chi connectivity index (χ2v) is 3.74. The average Bonchev–Trinajstić information content (AvgIpc) is 2.30. The van der Waals surface area contributed by atoms with Gasteiger partial charge in [-0.25, -0.2) is 9.18 Å². The number of halogens is 1. The smallest absolute Gasteiger partial charge is 0.328 e. The lowest BCUT2D eigenvalue weighted by Crippen LogP contribution is -2.48. The van der Waals surface area contributed by atoms with E-state index in [4.69, 9.17) is 0 Å². The number of benzene rings is 1. The van der Waals surface area contributed by atoms with E-state index in [9.17, 15) is 14.3 Å². The maximum atomic E-state index is 13.2. The Morgan fingerprint density at radius 1 is 1.65 bits per heavy atom. The normalized spacial score (nSPS) is 14.0. The lowest BCUT2D eigenvalue weighted by molar-refractivity contribution is -0.145. The first-order chi connectivity index (χ1) is 8.06. The third-order valence-corrected chi connectivity index (χ3v) is 2.76. The predicted octanol–water partition coefficient (Wildman–Crippen LogP) is 2.29. The molecular weight excluding hydrogens is 221 g/mol. The van der Waals surface area contributed by atoms with Crippen LogP contribution in [0.4, 0.5) is 4.39 Å². The second-order valence-electron chi connectivity index (χ2n) is 3.74. The molecule has 1 atom stereocenters. The Labute approximate surface area is 100.0 Å². The van der Waals surface area contributed by atoms with E-state index in [1.165, 1.54) is 18.2 Å². The van der Waals surface area contributed by atoms with E-state index in [1.54, 1.807) is 19.1 Å². The second kappa shape index (κ2) is 5.59. The van der Waals surface area contributed by atoms with Crippen molar-refractivity contribution in [3.63, 3.8) is 0 Å². The highest BCUT2D eigenvalue weighted by Gasteiger charge is 2.38. The number of nitrogens with one attached hydrogen (secondary N) is 1. The summed E-state index contributed by atoms with van der Waals surface area (Å²) in [5.74, 6) is -1.46. The maximum absolute atomic E-state index is 13.2. The Morgan fingerprint density at radius 2 is 2.35 bits per heavy atom. The molecule has 0 heterocycles. The van der Waals surface area contributed by atoms with Crippen molar-refractivity contribution in [3.8, 4) is 0 Å². The van der Waals surface area contributed by atoms with E-state index < -0.39 is 17.3 Å². The van der Waals surface area contributed by atoms with Crippen LogP contribution in [0.25, 0.3) is 0 Å². The Bertz CT molecular complexity index is 420. The molecule has 92 valence electrons. The Hall–Kier alpha value is -1.68. The molecule has 1 unspecified atom stereocenters. The molecule has 0 fully saturated rings. The topological polar surface area (TPSA) is 49.3 Å². The van der Waals surface area contributed by atoms with Crippen LogP contribution in [0.3, 0.4) is 0 Å². The molecule has 4 heteroatoms. The van der Waals surface area contributed by atoms with Gasteiger partial charge in [-0.15, -0.1) is 6.58 Å². The zero-order valence-electron chi connectivity index (χ0n) is 9.74. The van der Waals surface area contributed by atoms with Gasteiger partial charge in [-0.05, 0) is 24.1 Å². The number of carboxylic acid groups (broad SMARTS) is 1. The summed E-state index contributed by atoms with van der Waals surface area (Å²) in [7, 11) is 0. The standard InChI is InChI=1S/C13H16FNO2/c1-3-8-15-13(4-2,12(16)17)10-6-5-7-11(14)9-10/h3,5-7,9,15H,1,4,8H2,2H3,(H,16,17). The minimum Gasteiger partial charge on any atom is -0.480 e. The van der Waals surface area contributed by atoms with Crippen molar-refractivity contribution in [2.24, 2.45) is 0 Å². The largest absolute Gasteiger partial charge is 0.480 e. The van der Waals surface area contributed by atoms with Gasteiger partial charge in [0.25, 0.3) is 0 Å². The molecular formula is C13H16FNO2. The summed E-state index contributed by atoms with van der Waals surface area (Å²) >= 11 is 0. The Morgan fingerprint density at radius 3 is 2.82 bits per heavy atom. The van der Waals surface area contributed by atoms with Crippen molar-refractivity contribution in [1.29, 1.82) is 0 Å².